The molecule has 138 valence electrons. The van der Waals surface area contributed by atoms with Gasteiger partial charge in [-0.1, -0.05) is 41.9 Å². The number of carbonyl (C=O) groups excluding carboxylic acids is 1. The maximum atomic E-state index is 12.5. The number of amides is 1. The van der Waals surface area contributed by atoms with Crippen LogP contribution >= 0.6 is 11.6 Å². The van der Waals surface area contributed by atoms with E-state index in [1.54, 1.807) is 6.07 Å². The average molecular weight is 374 g/mol. The average Bonchev–Trinajstić information content (AvgIpc) is 2.68. The fraction of sp³-hybridized carbons (Fsp3) is 0.350. The number of rotatable bonds is 7. The standard InChI is InChI=1S/C20H24ClN3O2/c21-18-7-3-1-5-16(18)15-26-19-8-4-2-6-17(19)20(25)23-11-14-24-12-9-22-10-13-24/h1-8,22H,9-15H2,(H,23,25). The largest absolute Gasteiger partial charge is 0.488 e. The zero-order valence-corrected chi connectivity index (χ0v) is 15.5. The van der Waals surface area contributed by atoms with Gasteiger partial charge in [-0.2, -0.15) is 0 Å². The Hall–Kier alpha value is -2.08. The van der Waals surface area contributed by atoms with E-state index in [1.807, 2.05) is 42.5 Å². The molecule has 0 bridgehead atoms. The Balaban J connectivity index is 1.55. The minimum atomic E-state index is -0.116. The van der Waals surface area contributed by atoms with Crippen molar-refractivity contribution in [1.29, 1.82) is 0 Å². The summed E-state index contributed by atoms with van der Waals surface area (Å²) < 4.78 is 5.86. The molecule has 1 aliphatic rings. The molecule has 6 heteroatoms. The first-order chi connectivity index (χ1) is 12.7. The van der Waals surface area contributed by atoms with E-state index in [1.165, 1.54) is 0 Å². The Morgan fingerprint density at radius 2 is 1.85 bits per heavy atom. The van der Waals surface area contributed by atoms with Crippen LogP contribution in [0.1, 0.15) is 15.9 Å². The number of piperazine rings is 1. The van der Waals surface area contributed by atoms with E-state index in [4.69, 9.17) is 16.3 Å². The summed E-state index contributed by atoms with van der Waals surface area (Å²) in [4.78, 5) is 14.9. The third kappa shape index (κ3) is 5.21. The van der Waals surface area contributed by atoms with Crippen LogP contribution in [0.15, 0.2) is 48.5 Å². The molecule has 1 fully saturated rings. The van der Waals surface area contributed by atoms with E-state index >= 15 is 0 Å². The summed E-state index contributed by atoms with van der Waals surface area (Å²) in [7, 11) is 0. The van der Waals surface area contributed by atoms with Gasteiger partial charge in [-0.3, -0.25) is 9.69 Å². The number of benzene rings is 2. The van der Waals surface area contributed by atoms with Crippen LogP contribution in [0.3, 0.4) is 0 Å². The second-order valence-corrected chi connectivity index (χ2v) is 6.63. The molecule has 26 heavy (non-hydrogen) atoms. The second kappa shape index (κ2) is 9.57. The zero-order valence-electron chi connectivity index (χ0n) is 14.7. The first-order valence-electron chi connectivity index (χ1n) is 8.90. The van der Waals surface area contributed by atoms with Gasteiger partial charge >= 0.3 is 0 Å². The molecule has 2 N–H and O–H groups in total. The number of hydrogen-bond acceptors (Lipinski definition) is 4. The number of nitrogens with zero attached hydrogens (tertiary/aromatic N) is 1. The number of nitrogens with one attached hydrogen (secondary N) is 2. The van der Waals surface area contributed by atoms with Crippen molar-refractivity contribution >= 4 is 17.5 Å². The highest BCUT2D eigenvalue weighted by molar-refractivity contribution is 6.31. The van der Waals surface area contributed by atoms with Gasteiger partial charge in [0.2, 0.25) is 0 Å². The van der Waals surface area contributed by atoms with Crippen molar-refractivity contribution in [3.05, 3.63) is 64.7 Å². The smallest absolute Gasteiger partial charge is 0.255 e. The number of carbonyl (C=O) groups is 1. The van der Waals surface area contributed by atoms with Crippen LogP contribution in [-0.4, -0.2) is 50.1 Å². The lowest BCUT2D eigenvalue weighted by atomic mass is 10.2. The van der Waals surface area contributed by atoms with Crippen LogP contribution < -0.4 is 15.4 Å². The van der Waals surface area contributed by atoms with Crippen LogP contribution in [0.4, 0.5) is 0 Å². The number of hydrogen-bond donors (Lipinski definition) is 2. The SMILES string of the molecule is O=C(NCCN1CCNCC1)c1ccccc1OCc1ccccc1Cl. The van der Waals surface area contributed by atoms with Crippen LogP contribution in [0.2, 0.25) is 5.02 Å². The minimum Gasteiger partial charge on any atom is -0.488 e. The van der Waals surface area contributed by atoms with Gasteiger partial charge in [0.25, 0.3) is 5.91 Å². The van der Waals surface area contributed by atoms with Crippen molar-refractivity contribution in [2.45, 2.75) is 6.61 Å². The highest BCUT2D eigenvalue weighted by Gasteiger charge is 2.14. The molecule has 0 aliphatic carbocycles. The van der Waals surface area contributed by atoms with Crippen molar-refractivity contribution in [2.24, 2.45) is 0 Å². The normalized spacial score (nSPS) is 14.8. The van der Waals surface area contributed by atoms with Crippen LogP contribution in [0.25, 0.3) is 0 Å². The molecule has 1 saturated heterocycles. The predicted octanol–water partition coefficient (Wildman–Crippen LogP) is 2.55. The Kier molecular flexibility index (Phi) is 6.89. The molecular formula is C20H24ClN3O2. The maximum Gasteiger partial charge on any atom is 0.255 e. The summed E-state index contributed by atoms with van der Waals surface area (Å²) in [6.07, 6.45) is 0. The van der Waals surface area contributed by atoms with E-state index in [0.717, 1.165) is 38.3 Å². The Bertz CT molecular complexity index is 733. The molecule has 1 amide bonds. The van der Waals surface area contributed by atoms with E-state index in [-0.39, 0.29) is 5.91 Å². The zero-order chi connectivity index (χ0) is 18.2. The molecule has 0 saturated carbocycles. The van der Waals surface area contributed by atoms with Gasteiger partial charge in [-0.05, 0) is 18.2 Å². The van der Waals surface area contributed by atoms with Crippen molar-refractivity contribution in [1.82, 2.24) is 15.5 Å². The minimum absolute atomic E-state index is 0.116. The summed E-state index contributed by atoms with van der Waals surface area (Å²) in [5.41, 5.74) is 1.43. The van der Waals surface area contributed by atoms with Gasteiger partial charge in [0, 0.05) is 49.9 Å². The van der Waals surface area contributed by atoms with Crippen molar-refractivity contribution in [2.75, 3.05) is 39.3 Å². The van der Waals surface area contributed by atoms with Crippen LogP contribution in [0.5, 0.6) is 5.75 Å². The molecule has 2 aromatic carbocycles. The molecule has 0 atom stereocenters. The lowest BCUT2D eigenvalue weighted by Gasteiger charge is -2.27. The summed E-state index contributed by atoms with van der Waals surface area (Å²) in [5.74, 6) is 0.446. The van der Waals surface area contributed by atoms with E-state index < -0.39 is 0 Å². The topological polar surface area (TPSA) is 53.6 Å². The number of halogens is 1. The van der Waals surface area contributed by atoms with Crippen molar-refractivity contribution in [3.8, 4) is 5.75 Å². The highest BCUT2D eigenvalue weighted by Crippen LogP contribution is 2.22. The van der Waals surface area contributed by atoms with Crippen LogP contribution in [-0.2, 0) is 6.61 Å². The molecule has 2 aromatic rings. The monoisotopic (exact) mass is 373 g/mol. The Morgan fingerprint density at radius 1 is 1.12 bits per heavy atom. The molecule has 0 spiro atoms. The summed E-state index contributed by atoms with van der Waals surface area (Å²) in [6, 6.07) is 14.8. The molecular weight excluding hydrogens is 350 g/mol. The van der Waals surface area contributed by atoms with Crippen molar-refractivity contribution < 1.29 is 9.53 Å². The molecule has 1 heterocycles. The highest BCUT2D eigenvalue weighted by atomic mass is 35.5. The number of ether oxygens (including phenoxy) is 1. The first kappa shape index (κ1) is 18.7. The van der Waals surface area contributed by atoms with E-state index in [0.29, 0.717) is 29.5 Å². The fourth-order valence-electron chi connectivity index (χ4n) is 2.91. The third-order valence-corrected chi connectivity index (χ3v) is 4.76. The molecule has 0 radical (unpaired) electrons. The third-order valence-electron chi connectivity index (χ3n) is 4.40. The predicted molar refractivity (Wildman–Crippen MR) is 104 cm³/mol. The van der Waals surface area contributed by atoms with Crippen molar-refractivity contribution in [3.63, 3.8) is 0 Å². The lowest BCUT2D eigenvalue weighted by Crippen LogP contribution is -2.46. The molecule has 0 aromatic heterocycles. The van der Waals surface area contributed by atoms with E-state index in [2.05, 4.69) is 15.5 Å². The van der Waals surface area contributed by atoms with Crippen LogP contribution in [0, 0.1) is 0 Å². The molecule has 1 aliphatic heterocycles. The van der Waals surface area contributed by atoms with Gasteiger partial charge in [0.05, 0.1) is 5.56 Å². The van der Waals surface area contributed by atoms with Gasteiger partial charge in [-0.15, -0.1) is 0 Å². The Morgan fingerprint density at radius 3 is 2.65 bits per heavy atom. The van der Waals surface area contributed by atoms with Gasteiger partial charge in [0.1, 0.15) is 12.4 Å². The summed E-state index contributed by atoms with van der Waals surface area (Å²) >= 11 is 6.17. The fourth-order valence-corrected chi connectivity index (χ4v) is 3.10. The lowest BCUT2D eigenvalue weighted by molar-refractivity contribution is 0.0942. The van der Waals surface area contributed by atoms with Gasteiger partial charge < -0.3 is 15.4 Å². The molecule has 3 rings (SSSR count). The summed E-state index contributed by atoms with van der Waals surface area (Å²) in [5, 5.41) is 6.97. The maximum absolute atomic E-state index is 12.5. The quantitative estimate of drug-likeness (QED) is 0.783. The number of para-hydroxylation sites is 1. The molecule has 0 unspecified atom stereocenters. The summed E-state index contributed by atoms with van der Waals surface area (Å²) in [6.45, 7) is 5.86. The second-order valence-electron chi connectivity index (χ2n) is 6.22. The first-order valence-corrected chi connectivity index (χ1v) is 9.28. The van der Waals surface area contributed by atoms with E-state index in [9.17, 15) is 4.79 Å². The Labute approximate surface area is 159 Å². The molecule has 5 nitrogen and oxygen atoms in total. The van der Waals surface area contributed by atoms with Gasteiger partial charge in [-0.25, -0.2) is 0 Å². The van der Waals surface area contributed by atoms with Gasteiger partial charge in [0.15, 0.2) is 0 Å².